The van der Waals surface area contributed by atoms with Crippen LogP contribution in [0.3, 0.4) is 0 Å². The molecule has 0 aromatic heterocycles. The smallest absolute Gasteiger partial charge is 0.236 e. The lowest BCUT2D eigenvalue weighted by Crippen LogP contribution is -2.51. The third-order valence-electron chi connectivity index (χ3n) is 3.61. The van der Waals surface area contributed by atoms with Gasteiger partial charge >= 0.3 is 0 Å². The Labute approximate surface area is 98.8 Å². The van der Waals surface area contributed by atoms with Crippen molar-refractivity contribution < 1.29 is 4.79 Å². The Balaban J connectivity index is 2.43. The van der Waals surface area contributed by atoms with E-state index in [9.17, 15) is 4.79 Å². The van der Waals surface area contributed by atoms with Gasteiger partial charge in [0.2, 0.25) is 5.91 Å². The second-order valence-corrected chi connectivity index (χ2v) is 5.31. The van der Waals surface area contributed by atoms with Gasteiger partial charge in [0.15, 0.2) is 0 Å². The summed E-state index contributed by atoms with van der Waals surface area (Å²) in [6.45, 7) is 7.03. The zero-order valence-electron chi connectivity index (χ0n) is 10.8. The summed E-state index contributed by atoms with van der Waals surface area (Å²) in [7, 11) is 1.97. The highest BCUT2D eigenvalue weighted by Crippen LogP contribution is 2.12. The average Bonchev–Trinajstić information content (AvgIpc) is 2.30. The maximum Gasteiger partial charge on any atom is 0.236 e. The van der Waals surface area contributed by atoms with Crippen molar-refractivity contribution in [3.05, 3.63) is 0 Å². The van der Waals surface area contributed by atoms with Crippen LogP contribution in [0.25, 0.3) is 0 Å². The van der Waals surface area contributed by atoms with E-state index < -0.39 is 0 Å². The van der Waals surface area contributed by atoms with Crippen molar-refractivity contribution in [1.29, 1.82) is 0 Å². The number of likely N-dealkylation sites (tertiary alicyclic amines) is 1. The molecule has 1 rings (SSSR count). The zero-order chi connectivity index (χ0) is 12.2. The summed E-state index contributed by atoms with van der Waals surface area (Å²) in [5.41, 5.74) is 5.59. The minimum atomic E-state index is -0.106. The fraction of sp³-hybridized carbons (Fsp3) is 0.917. The molecule has 1 aliphatic heterocycles. The van der Waals surface area contributed by atoms with Gasteiger partial charge in [-0.25, -0.2) is 0 Å². The molecule has 0 saturated carbocycles. The van der Waals surface area contributed by atoms with Gasteiger partial charge in [0.05, 0.1) is 6.54 Å². The van der Waals surface area contributed by atoms with E-state index in [1.807, 2.05) is 16.8 Å². The zero-order valence-corrected chi connectivity index (χ0v) is 10.8. The van der Waals surface area contributed by atoms with Crippen LogP contribution in [0.15, 0.2) is 0 Å². The molecular formula is C12H25N3O. The number of hydrogen-bond acceptors (Lipinski definition) is 3. The van der Waals surface area contributed by atoms with Crippen LogP contribution in [-0.4, -0.2) is 54.5 Å². The van der Waals surface area contributed by atoms with Crippen LogP contribution in [-0.2, 0) is 4.79 Å². The molecule has 1 aliphatic rings. The van der Waals surface area contributed by atoms with E-state index in [4.69, 9.17) is 5.73 Å². The molecule has 0 unspecified atom stereocenters. The van der Waals surface area contributed by atoms with E-state index in [1.54, 1.807) is 0 Å². The van der Waals surface area contributed by atoms with Crippen molar-refractivity contribution in [3.8, 4) is 0 Å². The fourth-order valence-corrected chi connectivity index (χ4v) is 1.82. The van der Waals surface area contributed by atoms with E-state index in [0.717, 1.165) is 25.9 Å². The van der Waals surface area contributed by atoms with E-state index >= 15 is 0 Å². The summed E-state index contributed by atoms with van der Waals surface area (Å²) < 4.78 is 0. The molecule has 1 saturated heterocycles. The number of likely N-dealkylation sites (N-methyl/N-ethyl adjacent to an activating group) is 1. The summed E-state index contributed by atoms with van der Waals surface area (Å²) in [5.74, 6) is 0.240. The van der Waals surface area contributed by atoms with Crippen LogP contribution in [0, 0.1) is 0 Å². The van der Waals surface area contributed by atoms with Gasteiger partial charge in [-0.15, -0.1) is 0 Å². The molecule has 4 heteroatoms. The quantitative estimate of drug-likeness (QED) is 0.768. The van der Waals surface area contributed by atoms with Crippen LogP contribution >= 0.6 is 0 Å². The fourth-order valence-electron chi connectivity index (χ4n) is 1.82. The first kappa shape index (κ1) is 13.5. The number of rotatable bonds is 4. The maximum absolute atomic E-state index is 12.0. The van der Waals surface area contributed by atoms with Crippen molar-refractivity contribution in [2.45, 2.75) is 38.6 Å². The molecule has 0 aliphatic carbocycles. The Morgan fingerprint density at radius 1 is 1.31 bits per heavy atom. The first-order valence-corrected chi connectivity index (χ1v) is 6.16. The van der Waals surface area contributed by atoms with Crippen LogP contribution in [0.4, 0.5) is 0 Å². The van der Waals surface area contributed by atoms with Gasteiger partial charge in [0.1, 0.15) is 0 Å². The van der Waals surface area contributed by atoms with Crippen LogP contribution in [0.5, 0.6) is 0 Å². The Hall–Kier alpha value is -0.610. The topological polar surface area (TPSA) is 49.6 Å². The molecule has 0 aromatic rings. The van der Waals surface area contributed by atoms with Crippen LogP contribution in [0.1, 0.15) is 33.1 Å². The maximum atomic E-state index is 12.0. The number of carbonyl (C=O) groups is 1. The standard InChI is InChI=1S/C12H25N3O/c1-12(2,10-13)14(3)9-11(16)15-7-5-4-6-8-15/h4-10,13H2,1-3H3. The number of carbonyl (C=O) groups excluding carboxylic acids is 1. The Bertz CT molecular complexity index is 234. The Kier molecular flexibility index (Phi) is 4.74. The molecule has 2 N–H and O–H groups in total. The minimum absolute atomic E-state index is 0.106. The summed E-state index contributed by atoms with van der Waals surface area (Å²) in [5, 5.41) is 0. The largest absolute Gasteiger partial charge is 0.342 e. The van der Waals surface area contributed by atoms with Gasteiger partial charge in [0, 0.05) is 25.2 Å². The van der Waals surface area contributed by atoms with Crippen molar-refractivity contribution >= 4 is 5.91 Å². The van der Waals surface area contributed by atoms with Crippen molar-refractivity contribution in [2.75, 3.05) is 33.2 Å². The van der Waals surface area contributed by atoms with Gasteiger partial charge in [-0.2, -0.15) is 0 Å². The number of nitrogens with two attached hydrogens (primary N) is 1. The van der Waals surface area contributed by atoms with Gasteiger partial charge in [0.25, 0.3) is 0 Å². The van der Waals surface area contributed by atoms with Gasteiger partial charge in [-0.1, -0.05) is 0 Å². The first-order chi connectivity index (χ1) is 7.47. The lowest BCUT2D eigenvalue weighted by atomic mass is 10.0. The van der Waals surface area contributed by atoms with Crippen molar-refractivity contribution in [1.82, 2.24) is 9.80 Å². The first-order valence-electron chi connectivity index (χ1n) is 6.16. The summed E-state index contributed by atoms with van der Waals surface area (Å²) in [6.07, 6.45) is 3.55. The van der Waals surface area contributed by atoms with Crippen LogP contribution < -0.4 is 5.73 Å². The van der Waals surface area contributed by atoms with E-state index in [1.165, 1.54) is 6.42 Å². The predicted octanol–water partition coefficient (Wildman–Crippen LogP) is 0.668. The van der Waals surface area contributed by atoms with E-state index in [2.05, 4.69) is 13.8 Å². The van der Waals surface area contributed by atoms with Gasteiger partial charge < -0.3 is 10.6 Å². The van der Waals surface area contributed by atoms with Crippen LogP contribution in [0.2, 0.25) is 0 Å². The number of hydrogen-bond donors (Lipinski definition) is 1. The molecule has 1 heterocycles. The van der Waals surface area contributed by atoms with Crippen molar-refractivity contribution in [2.24, 2.45) is 5.73 Å². The molecule has 1 fully saturated rings. The third kappa shape index (κ3) is 3.46. The van der Waals surface area contributed by atoms with Crippen molar-refractivity contribution in [3.63, 3.8) is 0 Å². The lowest BCUT2D eigenvalue weighted by molar-refractivity contribution is -0.134. The molecule has 0 spiro atoms. The molecule has 16 heavy (non-hydrogen) atoms. The number of nitrogens with zero attached hydrogens (tertiary/aromatic N) is 2. The third-order valence-corrected chi connectivity index (χ3v) is 3.61. The highest BCUT2D eigenvalue weighted by molar-refractivity contribution is 5.78. The molecule has 0 bridgehead atoms. The van der Waals surface area contributed by atoms with Gasteiger partial charge in [-0.05, 0) is 40.2 Å². The average molecular weight is 227 g/mol. The summed E-state index contributed by atoms with van der Waals surface area (Å²) >= 11 is 0. The Morgan fingerprint density at radius 3 is 2.38 bits per heavy atom. The second kappa shape index (κ2) is 5.64. The molecule has 0 radical (unpaired) electrons. The molecule has 4 nitrogen and oxygen atoms in total. The molecule has 94 valence electrons. The predicted molar refractivity (Wildman–Crippen MR) is 66.2 cm³/mol. The Morgan fingerprint density at radius 2 is 1.88 bits per heavy atom. The lowest BCUT2D eigenvalue weighted by Gasteiger charge is -2.36. The highest BCUT2D eigenvalue weighted by Gasteiger charge is 2.25. The second-order valence-electron chi connectivity index (χ2n) is 5.31. The van der Waals surface area contributed by atoms with Gasteiger partial charge in [-0.3, -0.25) is 9.69 Å². The molecular weight excluding hydrogens is 202 g/mol. The molecule has 0 aromatic carbocycles. The summed E-state index contributed by atoms with van der Waals surface area (Å²) in [4.78, 5) is 16.0. The number of amides is 1. The monoisotopic (exact) mass is 227 g/mol. The number of piperidine rings is 1. The van der Waals surface area contributed by atoms with E-state index in [-0.39, 0.29) is 11.4 Å². The SMILES string of the molecule is CN(CC(=O)N1CCCCC1)C(C)(C)CN. The normalized spacial score (nSPS) is 17.9. The summed E-state index contributed by atoms with van der Waals surface area (Å²) in [6, 6.07) is 0. The minimum Gasteiger partial charge on any atom is -0.342 e. The molecule has 1 amide bonds. The van der Waals surface area contributed by atoms with E-state index in [0.29, 0.717) is 13.1 Å². The molecule has 0 atom stereocenters. The highest BCUT2D eigenvalue weighted by atomic mass is 16.2.